The van der Waals surface area contributed by atoms with Crippen LogP contribution in [-0.2, 0) is 23.9 Å². The third-order valence-corrected chi connectivity index (χ3v) is 3.92. The van der Waals surface area contributed by atoms with Gasteiger partial charge in [-0.1, -0.05) is 13.8 Å². The number of aliphatic hydroxyl groups is 1. The lowest BCUT2D eigenvalue weighted by Gasteiger charge is -2.28. The summed E-state index contributed by atoms with van der Waals surface area (Å²) in [6.07, 6.45) is -0.513. The van der Waals surface area contributed by atoms with Crippen molar-refractivity contribution in [3.8, 4) is 0 Å². The molecule has 7 nitrogen and oxygen atoms in total. The molecule has 2 atom stereocenters. The first-order valence-corrected chi connectivity index (χ1v) is 6.26. The molecule has 0 aliphatic carbocycles. The molecule has 1 N–H and O–H groups in total. The zero-order valence-electron chi connectivity index (χ0n) is 12.2. The molecule has 0 aromatic rings. The number of nitrogens with zero attached hydrogens (tertiary/aromatic N) is 1. The molecular formula is C13H19NO6. The quantitative estimate of drug-likeness (QED) is 0.732. The summed E-state index contributed by atoms with van der Waals surface area (Å²) < 4.78 is 9.36. The zero-order chi connectivity index (χ0) is 15.3. The molecule has 2 heterocycles. The van der Waals surface area contributed by atoms with Crippen molar-refractivity contribution in [3.63, 3.8) is 0 Å². The molecule has 1 saturated heterocycles. The highest BCUT2D eigenvalue weighted by Gasteiger charge is 2.63. The Bertz CT molecular complexity index is 497. The third kappa shape index (κ3) is 1.81. The Hall–Kier alpha value is -1.60. The van der Waals surface area contributed by atoms with Crippen LogP contribution in [0.5, 0.6) is 0 Å². The van der Waals surface area contributed by atoms with Gasteiger partial charge in [0.05, 0.1) is 19.8 Å². The van der Waals surface area contributed by atoms with Crippen LogP contribution in [0.15, 0.2) is 11.3 Å². The highest BCUT2D eigenvalue weighted by atomic mass is 16.7. The predicted octanol–water partition coefficient (Wildman–Crippen LogP) is 0.341. The van der Waals surface area contributed by atoms with Gasteiger partial charge >= 0.3 is 11.9 Å². The molecule has 2 aliphatic heterocycles. The minimum Gasteiger partial charge on any atom is -0.465 e. The number of esters is 2. The maximum Gasteiger partial charge on any atom is 0.376 e. The number of fused-ring (bicyclic) bond motifs is 1. The molecule has 2 rings (SSSR count). The maximum atomic E-state index is 12.0. The first kappa shape index (κ1) is 14.8. The predicted molar refractivity (Wildman–Crippen MR) is 66.8 cm³/mol. The lowest BCUT2D eigenvalue weighted by molar-refractivity contribution is -0.226. The van der Waals surface area contributed by atoms with E-state index in [1.165, 1.54) is 19.3 Å². The van der Waals surface area contributed by atoms with Crippen LogP contribution >= 0.6 is 0 Å². The van der Waals surface area contributed by atoms with E-state index in [0.717, 1.165) is 0 Å². The van der Waals surface area contributed by atoms with E-state index in [1.807, 2.05) is 13.8 Å². The molecular weight excluding hydrogens is 266 g/mol. The number of rotatable bonds is 2. The Labute approximate surface area is 117 Å². The van der Waals surface area contributed by atoms with E-state index < -0.39 is 29.1 Å². The Morgan fingerprint density at radius 3 is 2.30 bits per heavy atom. The Morgan fingerprint density at radius 2 is 1.80 bits per heavy atom. The molecule has 1 fully saturated rings. The van der Waals surface area contributed by atoms with Crippen LogP contribution in [0.25, 0.3) is 0 Å². The Kier molecular flexibility index (Phi) is 3.30. The molecule has 112 valence electrons. The van der Waals surface area contributed by atoms with Crippen molar-refractivity contribution in [3.05, 3.63) is 11.3 Å². The van der Waals surface area contributed by atoms with Crippen molar-refractivity contribution in [2.24, 2.45) is 5.41 Å². The molecule has 0 radical (unpaired) electrons. The van der Waals surface area contributed by atoms with Crippen LogP contribution in [0, 0.1) is 5.41 Å². The zero-order valence-corrected chi connectivity index (χ0v) is 12.2. The molecule has 0 bridgehead atoms. The largest absolute Gasteiger partial charge is 0.465 e. The van der Waals surface area contributed by atoms with Crippen molar-refractivity contribution in [1.29, 1.82) is 0 Å². The summed E-state index contributed by atoms with van der Waals surface area (Å²) in [6.45, 7) is 5.45. The summed E-state index contributed by atoms with van der Waals surface area (Å²) in [4.78, 5) is 29.2. The summed E-state index contributed by atoms with van der Waals surface area (Å²) in [5.74, 6) is -1.66. The second-order valence-corrected chi connectivity index (χ2v) is 5.92. The number of hydrogen-bond acceptors (Lipinski definition) is 7. The van der Waals surface area contributed by atoms with Gasteiger partial charge in [0.25, 0.3) is 0 Å². The summed E-state index contributed by atoms with van der Waals surface area (Å²) in [6, 6.07) is 0. The summed E-state index contributed by atoms with van der Waals surface area (Å²) in [5, 5.41) is 11.6. The number of hydroxylamine groups is 2. The van der Waals surface area contributed by atoms with Gasteiger partial charge < -0.3 is 19.4 Å². The van der Waals surface area contributed by atoms with Gasteiger partial charge in [-0.2, -0.15) is 0 Å². The number of carbonyl (C=O) groups excluding carboxylic acids is 2. The molecule has 7 heteroatoms. The summed E-state index contributed by atoms with van der Waals surface area (Å²) in [5.41, 5.74) is -1.34. The summed E-state index contributed by atoms with van der Waals surface area (Å²) in [7, 11) is 2.42. The van der Waals surface area contributed by atoms with Gasteiger partial charge in [0.2, 0.25) is 5.76 Å². The standard InChI is InChI=1S/C13H19NO6/c1-12(2)6-13(3)7(9(15)18-4)8(10(16)19-5)20-14(13)11(12)17/h11,17H,6H2,1-5H3/t11-,13+/m0/s1. The lowest BCUT2D eigenvalue weighted by atomic mass is 9.80. The van der Waals surface area contributed by atoms with Crippen molar-refractivity contribution < 1.29 is 29.0 Å². The SMILES string of the molecule is COC(=O)C1=C(C(=O)OC)[C@@]2(C)CC(C)(C)[C@H](O)N2O1. The van der Waals surface area contributed by atoms with Crippen LogP contribution in [0.1, 0.15) is 27.2 Å². The highest BCUT2D eigenvalue weighted by Crippen LogP contribution is 2.53. The fraction of sp³-hybridized carbons (Fsp3) is 0.692. The molecule has 0 unspecified atom stereocenters. The number of methoxy groups -OCH3 is 2. The van der Waals surface area contributed by atoms with Crippen molar-refractivity contribution in [2.75, 3.05) is 14.2 Å². The van der Waals surface area contributed by atoms with Crippen molar-refractivity contribution >= 4 is 11.9 Å². The maximum absolute atomic E-state index is 12.0. The van der Waals surface area contributed by atoms with Gasteiger partial charge in [0, 0.05) is 5.41 Å². The normalized spacial score (nSPS) is 31.8. The average Bonchev–Trinajstić information content (AvgIpc) is 2.76. The van der Waals surface area contributed by atoms with E-state index in [2.05, 4.69) is 4.74 Å². The van der Waals surface area contributed by atoms with Crippen LogP contribution in [0.4, 0.5) is 0 Å². The van der Waals surface area contributed by atoms with Crippen molar-refractivity contribution in [2.45, 2.75) is 39.0 Å². The lowest BCUT2D eigenvalue weighted by Crippen LogP contribution is -2.43. The topological polar surface area (TPSA) is 85.3 Å². The molecule has 0 aromatic heterocycles. The van der Waals surface area contributed by atoms with E-state index in [4.69, 9.17) is 9.57 Å². The van der Waals surface area contributed by atoms with E-state index in [9.17, 15) is 14.7 Å². The molecule has 0 amide bonds. The number of carbonyl (C=O) groups is 2. The second kappa shape index (κ2) is 4.46. The minimum absolute atomic E-state index is 0.0801. The van der Waals surface area contributed by atoms with Gasteiger partial charge in [0.1, 0.15) is 11.8 Å². The van der Waals surface area contributed by atoms with Gasteiger partial charge in [-0.25, -0.2) is 9.59 Å². The van der Waals surface area contributed by atoms with E-state index in [1.54, 1.807) is 6.92 Å². The molecule has 20 heavy (non-hydrogen) atoms. The van der Waals surface area contributed by atoms with Gasteiger partial charge in [-0.3, -0.25) is 0 Å². The van der Waals surface area contributed by atoms with Crippen LogP contribution in [0.2, 0.25) is 0 Å². The minimum atomic E-state index is -0.950. The molecule has 0 aromatic carbocycles. The van der Waals surface area contributed by atoms with Crippen LogP contribution in [0.3, 0.4) is 0 Å². The van der Waals surface area contributed by atoms with Gasteiger partial charge in [-0.05, 0) is 13.3 Å². The third-order valence-electron chi connectivity index (χ3n) is 3.92. The van der Waals surface area contributed by atoms with Crippen LogP contribution < -0.4 is 0 Å². The first-order chi connectivity index (χ1) is 9.19. The van der Waals surface area contributed by atoms with Crippen molar-refractivity contribution in [1.82, 2.24) is 5.06 Å². The fourth-order valence-electron chi connectivity index (χ4n) is 3.03. The fourth-order valence-corrected chi connectivity index (χ4v) is 3.03. The molecule has 0 saturated carbocycles. The van der Waals surface area contributed by atoms with E-state index in [0.29, 0.717) is 6.42 Å². The Balaban J connectivity index is 2.54. The van der Waals surface area contributed by atoms with E-state index in [-0.39, 0.29) is 11.3 Å². The second-order valence-electron chi connectivity index (χ2n) is 5.92. The monoisotopic (exact) mass is 285 g/mol. The van der Waals surface area contributed by atoms with Crippen LogP contribution in [-0.4, -0.2) is 48.1 Å². The van der Waals surface area contributed by atoms with Gasteiger partial charge in [0.15, 0.2) is 0 Å². The first-order valence-electron chi connectivity index (χ1n) is 6.26. The summed E-state index contributed by atoms with van der Waals surface area (Å²) >= 11 is 0. The molecule has 0 spiro atoms. The van der Waals surface area contributed by atoms with E-state index >= 15 is 0 Å². The number of aliphatic hydroxyl groups excluding tert-OH is 1. The number of hydrogen-bond donors (Lipinski definition) is 1. The smallest absolute Gasteiger partial charge is 0.376 e. The molecule has 2 aliphatic rings. The average molecular weight is 285 g/mol. The van der Waals surface area contributed by atoms with Gasteiger partial charge in [-0.15, -0.1) is 5.06 Å². The highest BCUT2D eigenvalue weighted by molar-refractivity contribution is 6.01. The Morgan fingerprint density at radius 1 is 1.25 bits per heavy atom. The number of ether oxygens (including phenoxy) is 2.